The molecule has 4 rings (SSSR count). The molecular formula is C17H14N4O4S2. The number of nitrogens with zero attached hydrogens (tertiary/aromatic N) is 2. The fourth-order valence-electron chi connectivity index (χ4n) is 2.45. The van der Waals surface area contributed by atoms with Gasteiger partial charge < -0.3 is 10.1 Å². The van der Waals surface area contributed by atoms with Crippen molar-refractivity contribution in [2.75, 3.05) is 5.32 Å². The van der Waals surface area contributed by atoms with Crippen LogP contribution in [0.1, 0.15) is 39.4 Å². The summed E-state index contributed by atoms with van der Waals surface area (Å²) in [5.41, 5.74) is 0.831. The van der Waals surface area contributed by atoms with Crippen LogP contribution in [0.25, 0.3) is 10.2 Å². The van der Waals surface area contributed by atoms with Crippen molar-refractivity contribution in [3.63, 3.8) is 0 Å². The molecule has 1 saturated carbocycles. The number of imide groups is 1. The van der Waals surface area contributed by atoms with Gasteiger partial charge in [-0.2, -0.15) is 0 Å². The number of ether oxygens (including phenoxy) is 1. The summed E-state index contributed by atoms with van der Waals surface area (Å²) in [7, 11) is 0. The zero-order valence-electron chi connectivity index (χ0n) is 13.9. The Hall–Kier alpha value is -2.85. The van der Waals surface area contributed by atoms with Crippen molar-refractivity contribution in [1.82, 2.24) is 15.3 Å². The molecule has 3 aromatic rings. The van der Waals surface area contributed by atoms with E-state index in [2.05, 4.69) is 20.6 Å². The van der Waals surface area contributed by atoms with Gasteiger partial charge in [0.1, 0.15) is 16.6 Å². The molecule has 1 aliphatic carbocycles. The Morgan fingerprint density at radius 3 is 2.78 bits per heavy atom. The molecule has 3 aromatic heterocycles. The zero-order chi connectivity index (χ0) is 18.8. The minimum atomic E-state index is -0.771. The van der Waals surface area contributed by atoms with Crippen molar-refractivity contribution >= 4 is 55.8 Å². The Morgan fingerprint density at radius 1 is 1.19 bits per heavy atom. The number of thiophene rings is 1. The molecular weight excluding hydrogens is 388 g/mol. The normalized spacial score (nSPS) is 13.8. The van der Waals surface area contributed by atoms with Crippen LogP contribution >= 0.6 is 22.7 Å². The Labute approximate surface area is 161 Å². The van der Waals surface area contributed by atoms with E-state index in [-0.39, 0.29) is 16.7 Å². The summed E-state index contributed by atoms with van der Waals surface area (Å²) in [6, 6.07) is 3.32. The van der Waals surface area contributed by atoms with E-state index in [1.807, 2.05) is 0 Å². The monoisotopic (exact) mass is 402 g/mol. The summed E-state index contributed by atoms with van der Waals surface area (Å²) < 4.78 is 5.96. The van der Waals surface area contributed by atoms with E-state index in [9.17, 15) is 14.4 Å². The standard InChI is InChI=1S/C17H14N4O4S2/c22-13(21-17(24)25-9-2-1-3-9)10-5-7-26-15(10)20-14(23)16-19-11-8-18-6-4-12(11)27-16/h4-9H,1-3H2,(H,20,23)(H,21,22,24). The maximum atomic E-state index is 12.5. The number of amides is 3. The highest BCUT2D eigenvalue weighted by Crippen LogP contribution is 2.26. The molecule has 0 atom stereocenters. The predicted octanol–water partition coefficient (Wildman–Crippen LogP) is 3.42. The smallest absolute Gasteiger partial charge is 0.414 e. The molecule has 1 aliphatic rings. The lowest BCUT2D eigenvalue weighted by Crippen LogP contribution is -2.36. The van der Waals surface area contributed by atoms with Gasteiger partial charge in [0, 0.05) is 6.20 Å². The van der Waals surface area contributed by atoms with Gasteiger partial charge in [-0.15, -0.1) is 22.7 Å². The first-order chi connectivity index (χ1) is 13.1. The molecule has 3 amide bonds. The van der Waals surface area contributed by atoms with Crippen molar-refractivity contribution in [2.45, 2.75) is 25.4 Å². The summed E-state index contributed by atoms with van der Waals surface area (Å²) in [6.07, 6.45) is 4.99. The number of carbonyl (C=O) groups excluding carboxylic acids is 3. The second-order valence-corrected chi connectivity index (χ2v) is 7.84. The number of anilines is 1. The van der Waals surface area contributed by atoms with Gasteiger partial charge in [0.25, 0.3) is 11.8 Å². The fourth-order valence-corrected chi connectivity index (χ4v) is 4.06. The van der Waals surface area contributed by atoms with Crippen LogP contribution in [0.3, 0.4) is 0 Å². The van der Waals surface area contributed by atoms with Gasteiger partial charge in [-0.05, 0) is 36.8 Å². The third-order valence-electron chi connectivity index (χ3n) is 4.06. The lowest BCUT2D eigenvalue weighted by molar-refractivity contribution is 0.0507. The van der Waals surface area contributed by atoms with E-state index in [0.717, 1.165) is 24.0 Å². The second kappa shape index (κ2) is 7.41. The van der Waals surface area contributed by atoms with Gasteiger partial charge in [0.05, 0.1) is 16.5 Å². The first kappa shape index (κ1) is 17.6. The molecule has 8 nitrogen and oxygen atoms in total. The molecule has 10 heteroatoms. The number of hydrogen-bond acceptors (Lipinski definition) is 8. The maximum Gasteiger partial charge on any atom is 0.414 e. The topological polar surface area (TPSA) is 110 Å². The highest BCUT2D eigenvalue weighted by atomic mass is 32.1. The molecule has 0 unspecified atom stereocenters. The van der Waals surface area contributed by atoms with Crippen LogP contribution in [0, 0.1) is 0 Å². The molecule has 3 heterocycles. The molecule has 1 fully saturated rings. The number of fused-ring (bicyclic) bond motifs is 1. The number of rotatable bonds is 4. The average Bonchev–Trinajstić information content (AvgIpc) is 3.24. The van der Waals surface area contributed by atoms with Gasteiger partial charge in [-0.1, -0.05) is 0 Å². The number of pyridine rings is 1. The number of alkyl carbamates (subject to hydrolysis) is 1. The van der Waals surface area contributed by atoms with Gasteiger partial charge >= 0.3 is 6.09 Å². The Balaban J connectivity index is 1.43. The molecule has 0 bridgehead atoms. The molecule has 0 saturated heterocycles. The van der Waals surface area contributed by atoms with Gasteiger partial charge in [-0.3, -0.25) is 19.9 Å². The summed E-state index contributed by atoms with van der Waals surface area (Å²) in [5.74, 6) is -1.05. The highest BCUT2D eigenvalue weighted by molar-refractivity contribution is 7.20. The highest BCUT2D eigenvalue weighted by Gasteiger charge is 2.24. The van der Waals surface area contributed by atoms with Crippen LogP contribution in [-0.2, 0) is 4.74 Å². The summed E-state index contributed by atoms with van der Waals surface area (Å²) in [6.45, 7) is 0. The Kier molecular flexibility index (Phi) is 4.82. The van der Waals surface area contributed by atoms with E-state index in [1.54, 1.807) is 23.8 Å². The summed E-state index contributed by atoms with van der Waals surface area (Å²) >= 11 is 2.42. The van der Waals surface area contributed by atoms with Crippen LogP contribution < -0.4 is 10.6 Å². The average molecular weight is 402 g/mol. The molecule has 2 N–H and O–H groups in total. The van der Waals surface area contributed by atoms with Crippen molar-refractivity contribution in [3.8, 4) is 0 Å². The molecule has 138 valence electrons. The van der Waals surface area contributed by atoms with Crippen molar-refractivity contribution < 1.29 is 19.1 Å². The zero-order valence-corrected chi connectivity index (χ0v) is 15.6. The van der Waals surface area contributed by atoms with Crippen molar-refractivity contribution in [3.05, 3.63) is 40.5 Å². The van der Waals surface area contributed by atoms with E-state index in [0.29, 0.717) is 10.5 Å². The minimum Gasteiger partial charge on any atom is -0.446 e. The third-order valence-corrected chi connectivity index (χ3v) is 5.93. The minimum absolute atomic E-state index is 0.118. The molecule has 0 spiro atoms. The molecule has 27 heavy (non-hydrogen) atoms. The third kappa shape index (κ3) is 3.81. The number of thiazole rings is 1. The van der Waals surface area contributed by atoms with Crippen LogP contribution in [0.4, 0.5) is 9.80 Å². The van der Waals surface area contributed by atoms with Crippen LogP contribution in [-0.4, -0.2) is 34.0 Å². The number of aromatic nitrogens is 2. The van der Waals surface area contributed by atoms with E-state index in [4.69, 9.17) is 4.74 Å². The Morgan fingerprint density at radius 2 is 2.04 bits per heavy atom. The van der Waals surface area contributed by atoms with Gasteiger partial charge in [0.2, 0.25) is 0 Å². The van der Waals surface area contributed by atoms with E-state index in [1.165, 1.54) is 28.7 Å². The van der Waals surface area contributed by atoms with Crippen LogP contribution in [0.5, 0.6) is 0 Å². The van der Waals surface area contributed by atoms with E-state index >= 15 is 0 Å². The van der Waals surface area contributed by atoms with Crippen molar-refractivity contribution in [1.29, 1.82) is 0 Å². The number of hydrogen-bond donors (Lipinski definition) is 2. The van der Waals surface area contributed by atoms with E-state index < -0.39 is 17.9 Å². The van der Waals surface area contributed by atoms with Gasteiger partial charge in [-0.25, -0.2) is 9.78 Å². The SMILES string of the molecule is O=C(NC(=O)c1ccsc1NC(=O)c1nc2cnccc2s1)OC1CCC1. The molecule has 0 radical (unpaired) electrons. The lowest BCUT2D eigenvalue weighted by Gasteiger charge is -2.24. The van der Waals surface area contributed by atoms with Crippen LogP contribution in [0.15, 0.2) is 29.9 Å². The first-order valence-corrected chi connectivity index (χ1v) is 9.91. The predicted molar refractivity (Wildman–Crippen MR) is 101 cm³/mol. The quantitative estimate of drug-likeness (QED) is 0.692. The Bertz CT molecular complexity index is 992. The largest absolute Gasteiger partial charge is 0.446 e. The molecule has 0 aliphatic heterocycles. The lowest BCUT2D eigenvalue weighted by atomic mass is 9.96. The molecule has 0 aromatic carbocycles. The first-order valence-electron chi connectivity index (χ1n) is 8.21. The van der Waals surface area contributed by atoms with Gasteiger partial charge in [0.15, 0.2) is 5.01 Å². The number of nitrogens with one attached hydrogen (secondary N) is 2. The van der Waals surface area contributed by atoms with Crippen molar-refractivity contribution in [2.24, 2.45) is 0 Å². The maximum absolute atomic E-state index is 12.5. The van der Waals surface area contributed by atoms with Crippen LogP contribution in [0.2, 0.25) is 0 Å². The second-order valence-electron chi connectivity index (χ2n) is 5.89. The summed E-state index contributed by atoms with van der Waals surface area (Å²) in [4.78, 5) is 44.7. The summed E-state index contributed by atoms with van der Waals surface area (Å²) in [5, 5.41) is 7.13. The fraction of sp³-hybridized carbons (Fsp3) is 0.235. The number of carbonyl (C=O) groups is 3.